The van der Waals surface area contributed by atoms with Crippen molar-refractivity contribution in [3.63, 3.8) is 0 Å². The zero-order valence-electron chi connectivity index (χ0n) is 14.6. The summed E-state index contributed by atoms with van der Waals surface area (Å²) in [5.41, 5.74) is 0.0816. The molecule has 25 heavy (non-hydrogen) atoms. The Kier molecular flexibility index (Phi) is 3.87. The summed E-state index contributed by atoms with van der Waals surface area (Å²) in [5, 5.41) is 13.8. The first-order chi connectivity index (χ1) is 11.9. The van der Waals surface area contributed by atoms with Gasteiger partial charge in [0.2, 0.25) is 5.91 Å². The van der Waals surface area contributed by atoms with Crippen molar-refractivity contribution in [1.82, 2.24) is 0 Å². The first-order valence-electron chi connectivity index (χ1n) is 9.22. The number of carbonyl (C=O) groups is 2. The van der Waals surface area contributed by atoms with Crippen molar-refractivity contribution in [2.24, 2.45) is 17.3 Å². The van der Waals surface area contributed by atoms with Crippen LogP contribution in [-0.4, -0.2) is 29.2 Å². The molecule has 2 N–H and O–H groups in total. The predicted molar refractivity (Wildman–Crippen MR) is 93.1 cm³/mol. The van der Waals surface area contributed by atoms with Crippen LogP contribution in [0.5, 0.6) is 0 Å². The van der Waals surface area contributed by atoms with Crippen LogP contribution in [0.2, 0.25) is 0 Å². The second-order valence-corrected chi connectivity index (χ2v) is 8.22. The maximum absolute atomic E-state index is 13.0. The first kappa shape index (κ1) is 16.6. The van der Waals surface area contributed by atoms with Gasteiger partial charge in [0.1, 0.15) is 0 Å². The SMILES string of the molecule is CCOC(=O)c1ccc(NC(=O)C23C[C@@H]4C[C@@H](CC(O)(C4)C2)C3)cc1. The molecule has 0 aromatic heterocycles. The van der Waals surface area contributed by atoms with Gasteiger partial charge in [-0.05, 0) is 81.5 Å². The number of nitrogens with one attached hydrogen (secondary N) is 1. The Morgan fingerprint density at radius 2 is 1.80 bits per heavy atom. The second-order valence-electron chi connectivity index (χ2n) is 8.22. The zero-order chi connectivity index (χ0) is 17.7. The number of ether oxygens (including phenoxy) is 1. The van der Waals surface area contributed by atoms with E-state index in [0.29, 0.717) is 36.1 Å². The fourth-order valence-corrected chi connectivity index (χ4v) is 5.65. The molecule has 4 fully saturated rings. The number of amides is 1. The van der Waals surface area contributed by atoms with Crippen molar-refractivity contribution >= 4 is 17.6 Å². The van der Waals surface area contributed by atoms with Gasteiger partial charge in [-0.3, -0.25) is 4.79 Å². The smallest absolute Gasteiger partial charge is 0.338 e. The Labute approximate surface area is 147 Å². The van der Waals surface area contributed by atoms with E-state index in [1.807, 2.05) is 0 Å². The van der Waals surface area contributed by atoms with Crippen LogP contribution in [0.1, 0.15) is 55.8 Å². The van der Waals surface area contributed by atoms with E-state index in [9.17, 15) is 14.7 Å². The van der Waals surface area contributed by atoms with E-state index in [-0.39, 0.29) is 11.9 Å². The summed E-state index contributed by atoms with van der Waals surface area (Å²) in [6.07, 6.45) is 5.22. The number of rotatable bonds is 4. The van der Waals surface area contributed by atoms with Crippen LogP contribution in [0.25, 0.3) is 0 Å². The number of carbonyl (C=O) groups excluding carboxylic acids is 2. The number of hydrogen-bond acceptors (Lipinski definition) is 4. The van der Waals surface area contributed by atoms with Crippen molar-refractivity contribution in [3.05, 3.63) is 29.8 Å². The molecule has 134 valence electrons. The highest BCUT2D eigenvalue weighted by Gasteiger charge is 2.60. The maximum atomic E-state index is 13.0. The second kappa shape index (κ2) is 5.84. The summed E-state index contributed by atoms with van der Waals surface area (Å²) in [6, 6.07) is 6.81. The van der Waals surface area contributed by atoms with Gasteiger partial charge in [-0.2, -0.15) is 0 Å². The Bertz CT molecular complexity index is 682. The van der Waals surface area contributed by atoms with E-state index in [1.54, 1.807) is 31.2 Å². The van der Waals surface area contributed by atoms with Crippen LogP contribution in [0.3, 0.4) is 0 Å². The molecule has 2 unspecified atom stereocenters. The van der Waals surface area contributed by atoms with E-state index >= 15 is 0 Å². The van der Waals surface area contributed by atoms with Gasteiger partial charge in [0.05, 0.1) is 23.2 Å². The lowest BCUT2D eigenvalue weighted by Crippen LogP contribution is -2.59. The van der Waals surface area contributed by atoms with Crippen LogP contribution in [-0.2, 0) is 9.53 Å². The molecular weight excluding hydrogens is 318 g/mol. The average molecular weight is 343 g/mol. The van der Waals surface area contributed by atoms with Crippen molar-refractivity contribution in [1.29, 1.82) is 0 Å². The maximum Gasteiger partial charge on any atom is 0.338 e. The number of aliphatic hydroxyl groups is 1. The van der Waals surface area contributed by atoms with Gasteiger partial charge in [-0.15, -0.1) is 0 Å². The standard InChI is InChI=1S/C20H25NO4/c1-2-25-17(22)15-3-5-16(6-4-15)21-18(23)19-8-13-7-14(9-19)11-20(24,10-13)12-19/h3-6,13-14,24H,2,7-12H2,1H3,(H,21,23)/t13-,14+,19?,20?. The van der Waals surface area contributed by atoms with Crippen LogP contribution in [0.15, 0.2) is 24.3 Å². The molecular formula is C20H25NO4. The largest absolute Gasteiger partial charge is 0.462 e. The Hall–Kier alpha value is -1.88. The molecule has 4 aliphatic carbocycles. The van der Waals surface area contributed by atoms with Crippen LogP contribution in [0.4, 0.5) is 5.69 Å². The molecule has 0 aliphatic heterocycles. The summed E-state index contributed by atoms with van der Waals surface area (Å²) in [5.74, 6) is 0.610. The van der Waals surface area contributed by atoms with Crippen molar-refractivity contribution < 1.29 is 19.4 Å². The molecule has 4 atom stereocenters. The third kappa shape index (κ3) is 2.95. The summed E-state index contributed by atoms with van der Waals surface area (Å²) < 4.78 is 4.97. The normalized spacial score (nSPS) is 35.4. The topological polar surface area (TPSA) is 75.6 Å². The Morgan fingerprint density at radius 3 is 2.36 bits per heavy atom. The monoisotopic (exact) mass is 343 g/mol. The summed E-state index contributed by atoms with van der Waals surface area (Å²) in [4.78, 5) is 24.7. The van der Waals surface area contributed by atoms with Gasteiger partial charge in [0.25, 0.3) is 0 Å². The van der Waals surface area contributed by atoms with E-state index in [1.165, 1.54) is 0 Å². The predicted octanol–water partition coefficient (Wildman–Crippen LogP) is 3.13. The quantitative estimate of drug-likeness (QED) is 0.824. The number of esters is 1. The molecule has 0 heterocycles. The minimum absolute atomic E-state index is 0.0175. The molecule has 1 amide bonds. The van der Waals surface area contributed by atoms with Gasteiger partial charge in [-0.25, -0.2) is 4.79 Å². The Morgan fingerprint density at radius 1 is 1.16 bits per heavy atom. The summed E-state index contributed by atoms with van der Waals surface area (Å²) >= 11 is 0. The fraction of sp³-hybridized carbons (Fsp3) is 0.600. The first-order valence-corrected chi connectivity index (χ1v) is 9.22. The molecule has 1 aromatic rings. The number of hydrogen-bond donors (Lipinski definition) is 2. The lowest BCUT2D eigenvalue weighted by Gasteiger charge is -2.59. The molecule has 5 nitrogen and oxygen atoms in total. The molecule has 4 aliphatic rings. The third-order valence-corrected chi connectivity index (χ3v) is 6.17. The lowest BCUT2D eigenvalue weighted by molar-refractivity contribution is -0.174. The van der Waals surface area contributed by atoms with Gasteiger partial charge in [0.15, 0.2) is 0 Å². The molecule has 5 heteroatoms. The van der Waals surface area contributed by atoms with Crippen molar-refractivity contribution in [2.75, 3.05) is 11.9 Å². The van der Waals surface area contributed by atoms with Crippen molar-refractivity contribution in [3.8, 4) is 0 Å². The minimum Gasteiger partial charge on any atom is -0.462 e. The highest BCUT2D eigenvalue weighted by molar-refractivity contribution is 5.96. The molecule has 1 aromatic carbocycles. The van der Waals surface area contributed by atoms with Gasteiger partial charge < -0.3 is 15.2 Å². The highest BCUT2D eigenvalue weighted by atomic mass is 16.5. The van der Waals surface area contributed by atoms with E-state index in [2.05, 4.69) is 5.32 Å². The number of benzene rings is 1. The highest BCUT2D eigenvalue weighted by Crippen LogP contribution is 2.61. The number of anilines is 1. The molecule has 0 spiro atoms. The van der Waals surface area contributed by atoms with Gasteiger partial charge in [0, 0.05) is 5.69 Å². The van der Waals surface area contributed by atoms with E-state index < -0.39 is 11.0 Å². The minimum atomic E-state index is -0.644. The average Bonchev–Trinajstić information content (AvgIpc) is 2.53. The molecule has 0 radical (unpaired) electrons. The van der Waals surface area contributed by atoms with Gasteiger partial charge >= 0.3 is 5.97 Å². The zero-order valence-corrected chi connectivity index (χ0v) is 14.6. The van der Waals surface area contributed by atoms with Crippen LogP contribution >= 0.6 is 0 Å². The van der Waals surface area contributed by atoms with Crippen LogP contribution in [0, 0.1) is 17.3 Å². The molecule has 5 rings (SSSR count). The van der Waals surface area contributed by atoms with Crippen LogP contribution < -0.4 is 5.32 Å². The van der Waals surface area contributed by atoms with Crippen molar-refractivity contribution in [2.45, 2.75) is 51.0 Å². The van der Waals surface area contributed by atoms with E-state index in [4.69, 9.17) is 4.74 Å². The lowest BCUT2D eigenvalue weighted by atomic mass is 9.47. The molecule has 0 saturated heterocycles. The fourth-order valence-electron chi connectivity index (χ4n) is 5.65. The van der Waals surface area contributed by atoms with E-state index in [0.717, 1.165) is 32.1 Å². The van der Waals surface area contributed by atoms with Gasteiger partial charge in [-0.1, -0.05) is 0 Å². The molecule has 4 saturated carbocycles. The third-order valence-electron chi connectivity index (χ3n) is 6.17. The molecule has 4 bridgehead atoms. The summed E-state index contributed by atoms with van der Waals surface area (Å²) in [7, 11) is 0. The summed E-state index contributed by atoms with van der Waals surface area (Å²) in [6.45, 7) is 2.11. The Balaban J connectivity index is 1.48.